The third-order valence-electron chi connectivity index (χ3n) is 2.45. The first-order chi connectivity index (χ1) is 8.58. The summed E-state index contributed by atoms with van der Waals surface area (Å²) >= 11 is 13.4. The summed E-state index contributed by atoms with van der Waals surface area (Å²) in [6.45, 7) is 1.99. The molecule has 1 heterocycles. The molecule has 94 valence electrons. The van der Waals surface area contributed by atoms with Gasteiger partial charge < -0.3 is 5.11 Å². The standard InChI is InChI=1S/C13H11Cl2NOS/c1-8(12-3-2-4-18-12)16-7-9-5-10(14)6-11(15)13(9)17/h2-8,17H,1H3/t8-/m0/s1. The van der Waals surface area contributed by atoms with Crippen molar-refractivity contribution in [3.05, 3.63) is 50.1 Å². The van der Waals surface area contributed by atoms with E-state index >= 15 is 0 Å². The minimum absolute atomic E-state index is 0.00296. The van der Waals surface area contributed by atoms with Crippen molar-refractivity contribution in [2.75, 3.05) is 0 Å². The van der Waals surface area contributed by atoms with E-state index in [0.717, 1.165) is 0 Å². The third kappa shape index (κ3) is 3.05. The van der Waals surface area contributed by atoms with Gasteiger partial charge in [-0.2, -0.15) is 0 Å². The molecule has 0 saturated heterocycles. The Morgan fingerprint density at radius 1 is 1.39 bits per heavy atom. The Morgan fingerprint density at radius 2 is 2.17 bits per heavy atom. The predicted molar refractivity (Wildman–Crippen MR) is 78.5 cm³/mol. The molecule has 0 fully saturated rings. The van der Waals surface area contributed by atoms with Crippen LogP contribution in [0.15, 0.2) is 34.6 Å². The zero-order chi connectivity index (χ0) is 13.1. The first-order valence-electron chi connectivity index (χ1n) is 5.32. The summed E-state index contributed by atoms with van der Waals surface area (Å²) in [6.07, 6.45) is 1.59. The number of rotatable bonds is 3. The molecule has 0 aliphatic heterocycles. The summed E-state index contributed by atoms with van der Waals surface area (Å²) in [5.74, 6) is 0.00296. The van der Waals surface area contributed by atoms with Crippen LogP contribution in [0.3, 0.4) is 0 Å². The van der Waals surface area contributed by atoms with Gasteiger partial charge in [-0.1, -0.05) is 29.3 Å². The molecular weight excluding hydrogens is 289 g/mol. The number of phenolic OH excluding ortho intramolecular Hbond substituents is 1. The normalized spacial score (nSPS) is 13.1. The zero-order valence-corrected chi connectivity index (χ0v) is 11.9. The van der Waals surface area contributed by atoms with Crippen LogP contribution in [0.4, 0.5) is 0 Å². The van der Waals surface area contributed by atoms with Gasteiger partial charge in [-0.25, -0.2) is 0 Å². The van der Waals surface area contributed by atoms with Gasteiger partial charge in [0, 0.05) is 21.7 Å². The van der Waals surface area contributed by atoms with Crippen molar-refractivity contribution in [3.8, 4) is 5.75 Å². The molecule has 0 amide bonds. The molecule has 5 heteroatoms. The lowest BCUT2D eigenvalue weighted by Gasteiger charge is -2.05. The van der Waals surface area contributed by atoms with Gasteiger partial charge in [0.2, 0.25) is 0 Å². The van der Waals surface area contributed by atoms with Gasteiger partial charge >= 0.3 is 0 Å². The number of benzene rings is 1. The van der Waals surface area contributed by atoms with Crippen molar-refractivity contribution in [3.63, 3.8) is 0 Å². The molecule has 1 aromatic carbocycles. The first kappa shape index (κ1) is 13.4. The predicted octanol–water partition coefficient (Wildman–Crippen LogP) is 4.94. The van der Waals surface area contributed by atoms with Crippen LogP contribution in [0.2, 0.25) is 10.0 Å². The Balaban J connectivity index is 2.24. The number of hydrogen-bond acceptors (Lipinski definition) is 3. The molecule has 2 aromatic rings. The molecule has 1 N–H and O–H groups in total. The average Bonchev–Trinajstić information content (AvgIpc) is 2.85. The number of nitrogens with zero attached hydrogens (tertiary/aromatic N) is 1. The fraction of sp³-hybridized carbons (Fsp3) is 0.154. The van der Waals surface area contributed by atoms with Crippen LogP contribution < -0.4 is 0 Å². The molecular formula is C13H11Cl2NOS. The van der Waals surface area contributed by atoms with Crippen molar-refractivity contribution in [2.24, 2.45) is 4.99 Å². The van der Waals surface area contributed by atoms with Gasteiger partial charge in [0.05, 0.1) is 11.1 Å². The summed E-state index contributed by atoms with van der Waals surface area (Å²) in [6, 6.07) is 7.19. The highest BCUT2D eigenvalue weighted by molar-refractivity contribution is 7.10. The van der Waals surface area contributed by atoms with Gasteiger partial charge in [0.15, 0.2) is 0 Å². The molecule has 0 saturated carbocycles. The summed E-state index contributed by atoms with van der Waals surface area (Å²) in [7, 11) is 0. The number of thiophene rings is 1. The highest BCUT2D eigenvalue weighted by Crippen LogP contribution is 2.30. The maximum absolute atomic E-state index is 9.79. The van der Waals surface area contributed by atoms with E-state index in [1.807, 2.05) is 24.4 Å². The fourth-order valence-electron chi connectivity index (χ4n) is 1.48. The van der Waals surface area contributed by atoms with E-state index in [2.05, 4.69) is 4.99 Å². The van der Waals surface area contributed by atoms with Gasteiger partial charge in [-0.3, -0.25) is 4.99 Å². The quantitative estimate of drug-likeness (QED) is 0.800. The highest BCUT2D eigenvalue weighted by atomic mass is 35.5. The lowest BCUT2D eigenvalue weighted by atomic mass is 10.2. The van der Waals surface area contributed by atoms with E-state index in [0.29, 0.717) is 10.6 Å². The van der Waals surface area contributed by atoms with E-state index in [1.165, 1.54) is 10.9 Å². The lowest BCUT2D eigenvalue weighted by molar-refractivity contribution is 0.474. The molecule has 0 unspecified atom stereocenters. The summed E-state index contributed by atoms with van der Waals surface area (Å²) in [4.78, 5) is 5.55. The number of aromatic hydroxyl groups is 1. The van der Waals surface area contributed by atoms with Gasteiger partial charge in [0.1, 0.15) is 5.75 Å². The fourth-order valence-corrected chi connectivity index (χ4v) is 2.72. The van der Waals surface area contributed by atoms with Crippen LogP contribution in [-0.2, 0) is 0 Å². The van der Waals surface area contributed by atoms with Crippen LogP contribution in [0.1, 0.15) is 23.4 Å². The molecule has 0 radical (unpaired) electrons. The molecule has 0 spiro atoms. The van der Waals surface area contributed by atoms with Crippen LogP contribution in [-0.4, -0.2) is 11.3 Å². The van der Waals surface area contributed by atoms with Crippen molar-refractivity contribution in [1.29, 1.82) is 0 Å². The Hall–Kier alpha value is -1.03. The Morgan fingerprint density at radius 3 is 2.83 bits per heavy atom. The maximum atomic E-state index is 9.79. The second-order valence-electron chi connectivity index (χ2n) is 3.80. The molecule has 1 aromatic heterocycles. The number of aliphatic imine (C=N–C) groups is 1. The smallest absolute Gasteiger partial charge is 0.143 e. The van der Waals surface area contributed by atoms with Crippen molar-refractivity contribution >= 4 is 40.8 Å². The van der Waals surface area contributed by atoms with E-state index < -0.39 is 0 Å². The van der Waals surface area contributed by atoms with E-state index in [9.17, 15) is 5.11 Å². The third-order valence-corrected chi connectivity index (χ3v) is 4.00. The molecule has 0 aliphatic rings. The summed E-state index contributed by atoms with van der Waals surface area (Å²) < 4.78 is 0. The number of halogens is 2. The number of phenols is 1. The van der Waals surface area contributed by atoms with Crippen molar-refractivity contribution in [2.45, 2.75) is 13.0 Å². The van der Waals surface area contributed by atoms with Gasteiger partial charge in [0.25, 0.3) is 0 Å². The van der Waals surface area contributed by atoms with Gasteiger partial charge in [-0.15, -0.1) is 11.3 Å². The van der Waals surface area contributed by atoms with Crippen LogP contribution in [0.25, 0.3) is 0 Å². The second kappa shape index (κ2) is 5.74. The Bertz CT molecular complexity index is 567. The van der Waals surface area contributed by atoms with Crippen LogP contribution >= 0.6 is 34.5 Å². The van der Waals surface area contributed by atoms with E-state index in [1.54, 1.807) is 23.6 Å². The van der Waals surface area contributed by atoms with E-state index in [-0.39, 0.29) is 16.8 Å². The molecule has 1 atom stereocenters. The Labute approximate surface area is 120 Å². The lowest BCUT2D eigenvalue weighted by Crippen LogP contribution is -1.89. The van der Waals surface area contributed by atoms with Crippen LogP contribution in [0, 0.1) is 0 Å². The minimum atomic E-state index is 0.00296. The zero-order valence-electron chi connectivity index (χ0n) is 9.60. The molecule has 0 bridgehead atoms. The first-order valence-corrected chi connectivity index (χ1v) is 6.96. The summed E-state index contributed by atoms with van der Waals surface area (Å²) in [5, 5.41) is 12.5. The second-order valence-corrected chi connectivity index (χ2v) is 5.62. The van der Waals surface area contributed by atoms with Crippen molar-refractivity contribution in [1.82, 2.24) is 0 Å². The molecule has 0 aliphatic carbocycles. The summed E-state index contributed by atoms with van der Waals surface area (Å²) in [5.41, 5.74) is 0.524. The topological polar surface area (TPSA) is 32.6 Å². The van der Waals surface area contributed by atoms with Crippen LogP contribution in [0.5, 0.6) is 5.75 Å². The molecule has 18 heavy (non-hydrogen) atoms. The minimum Gasteiger partial charge on any atom is -0.506 e. The number of hydrogen-bond donors (Lipinski definition) is 1. The monoisotopic (exact) mass is 299 g/mol. The van der Waals surface area contributed by atoms with Crippen molar-refractivity contribution < 1.29 is 5.11 Å². The Kier molecular flexibility index (Phi) is 4.27. The largest absolute Gasteiger partial charge is 0.506 e. The average molecular weight is 300 g/mol. The van der Waals surface area contributed by atoms with Gasteiger partial charge in [-0.05, 0) is 30.5 Å². The SMILES string of the molecule is C[C@H](N=Cc1cc(Cl)cc(Cl)c1O)c1cccs1. The molecule has 2 nitrogen and oxygen atoms in total. The highest BCUT2D eigenvalue weighted by Gasteiger charge is 2.07. The van der Waals surface area contributed by atoms with E-state index in [4.69, 9.17) is 23.2 Å². The maximum Gasteiger partial charge on any atom is 0.143 e. The molecule has 2 rings (SSSR count).